The summed E-state index contributed by atoms with van der Waals surface area (Å²) in [6.07, 6.45) is 9.49. The summed E-state index contributed by atoms with van der Waals surface area (Å²) in [5.74, 6) is -4.14. The number of carbonyl (C=O) groups is 3. The van der Waals surface area contributed by atoms with Gasteiger partial charge in [0.05, 0.1) is 19.4 Å². The first-order valence-corrected chi connectivity index (χ1v) is 9.15. The van der Waals surface area contributed by atoms with Crippen molar-refractivity contribution >= 4 is 17.9 Å². The second kappa shape index (κ2) is 13.6. The maximum atomic E-state index is 11.6. The molecule has 0 aliphatic heterocycles. The van der Waals surface area contributed by atoms with Crippen molar-refractivity contribution in [2.45, 2.75) is 89.6 Å². The van der Waals surface area contributed by atoms with Crippen molar-refractivity contribution in [2.75, 3.05) is 6.61 Å². The molecular weight excluding hydrogens is 328 g/mol. The van der Waals surface area contributed by atoms with E-state index >= 15 is 0 Å². The number of carbonyl (C=O) groups excluding carboxylic acids is 1. The van der Waals surface area contributed by atoms with Crippen LogP contribution in [0, 0.1) is 0 Å². The molecule has 0 aliphatic carbocycles. The molecule has 25 heavy (non-hydrogen) atoms. The molecular formula is C18H32O7. The molecule has 0 unspecified atom stereocenters. The highest BCUT2D eigenvalue weighted by atomic mass is 16.5. The summed E-state index contributed by atoms with van der Waals surface area (Å²) in [7, 11) is 0. The van der Waals surface area contributed by atoms with Crippen LogP contribution in [0.15, 0.2) is 0 Å². The lowest BCUT2D eigenvalue weighted by atomic mass is 9.96. The van der Waals surface area contributed by atoms with Gasteiger partial charge >= 0.3 is 17.9 Å². The zero-order valence-corrected chi connectivity index (χ0v) is 15.2. The Bertz CT molecular complexity index is 408. The van der Waals surface area contributed by atoms with Gasteiger partial charge in [0, 0.05) is 0 Å². The van der Waals surface area contributed by atoms with Crippen molar-refractivity contribution in [1.29, 1.82) is 0 Å². The molecule has 0 saturated carbocycles. The van der Waals surface area contributed by atoms with E-state index in [0.29, 0.717) is 6.42 Å². The molecule has 0 amide bonds. The van der Waals surface area contributed by atoms with Crippen molar-refractivity contribution in [2.24, 2.45) is 0 Å². The number of aliphatic hydroxyl groups is 1. The van der Waals surface area contributed by atoms with Crippen LogP contribution >= 0.6 is 0 Å². The normalized spacial score (nSPS) is 13.2. The maximum Gasteiger partial charge on any atom is 0.336 e. The number of hydrogen-bond acceptors (Lipinski definition) is 5. The van der Waals surface area contributed by atoms with Crippen molar-refractivity contribution < 1.29 is 34.4 Å². The standard InChI is InChI=1S/C18H32O7/c1-2-3-4-5-6-7-8-9-10-11-12-25-16(21)14-18(24,17(22)23)13-15(19)20/h24H,2-14H2,1H3,(H,19,20)(H,22,23)/t18-/m1/s1. The fourth-order valence-electron chi connectivity index (χ4n) is 2.53. The molecule has 0 saturated heterocycles. The first-order chi connectivity index (χ1) is 11.8. The lowest BCUT2D eigenvalue weighted by Gasteiger charge is -2.20. The van der Waals surface area contributed by atoms with Crippen molar-refractivity contribution in [1.82, 2.24) is 0 Å². The highest BCUT2D eigenvalue weighted by molar-refractivity contribution is 5.88. The van der Waals surface area contributed by atoms with Crippen molar-refractivity contribution in [3.05, 3.63) is 0 Å². The molecule has 7 nitrogen and oxygen atoms in total. The minimum Gasteiger partial charge on any atom is -0.481 e. The fraction of sp³-hybridized carbons (Fsp3) is 0.833. The smallest absolute Gasteiger partial charge is 0.336 e. The molecule has 0 aromatic heterocycles. The van der Waals surface area contributed by atoms with Crippen molar-refractivity contribution in [3.63, 3.8) is 0 Å². The van der Waals surface area contributed by atoms with Crippen LogP contribution in [-0.2, 0) is 19.1 Å². The van der Waals surface area contributed by atoms with Gasteiger partial charge in [0.25, 0.3) is 0 Å². The Morgan fingerprint density at radius 2 is 1.28 bits per heavy atom. The third kappa shape index (κ3) is 12.4. The Hall–Kier alpha value is -1.63. The number of esters is 1. The van der Waals surface area contributed by atoms with E-state index in [-0.39, 0.29) is 6.61 Å². The van der Waals surface area contributed by atoms with E-state index in [1.54, 1.807) is 0 Å². The summed E-state index contributed by atoms with van der Waals surface area (Å²) in [5.41, 5.74) is -2.62. The van der Waals surface area contributed by atoms with Crippen LogP contribution in [0.3, 0.4) is 0 Å². The predicted molar refractivity (Wildman–Crippen MR) is 92.3 cm³/mol. The number of carboxylic acid groups (broad SMARTS) is 2. The Labute approximate surface area is 149 Å². The van der Waals surface area contributed by atoms with Gasteiger partial charge in [-0.25, -0.2) is 4.79 Å². The summed E-state index contributed by atoms with van der Waals surface area (Å²) in [4.78, 5) is 33.1. The third-order valence-corrected chi connectivity index (χ3v) is 4.04. The highest BCUT2D eigenvalue weighted by Crippen LogP contribution is 2.17. The molecule has 1 atom stereocenters. The summed E-state index contributed by atoms with van der Waals surface area (Å²) in [5, 5.41) is 27.2. The topological polar surface area (TPSA) is 121 Å². The minimum atomic E-state index is -2.62. The average Bonchev–Trinajstić information content (AvgIpc) is 2.51. The molecule has 7 heteroatoms. The van der Waals surface area contributed by atoms with Gasteiger partial charge < -0.3 is 20.1 Å². The molecule has 146 valence electrons. The summed E-state index contributed by atoms with van der Waals surface area (Å²) in [6.45, 7) is 2.35. The van der Waals surface area contributed by atoms with Gasteiger partial charge in [0.1, 0.15) is 0 Å². The van der Waals surface area contributed by atoms with Crippen LogP contribution in [-0.4, -0.2) is 45.4 Å². The Morgan fingerprint density at radius 1 is 0.800 bits per heavy atom. The minimum absolute atomic E-state index is 0.151. The lowest BCUT2D eigenvalue weighted by molar-refractivity contribution is -0.172. The largest absolute Gasteiger partial charge is 0.481 e. The fourth-order valence-corrected chi connectivity index (χ4v) is 2.53. The van der Waals surface area contributed by atoms with Gasteiger partial charge in [0.15, 0.2) is 5.60 Å². The summed E-state index contributed by atoms with van der Waals surface area (Å²) < 4.78 is 4.89. The number of aliphatic carboxylic acids is 2. The molecule has 0 bridgehead atoms. The van der Waals surface area contributed by atoms with Gasteiger partial charge in [-0.2, -0.15) is 0 Å². The van der Waals surface area contributed by atoms with Gasteiger partial charge in [-0.05, 0) is 6.42 Å². The molecule has 0 radical (unpaired) electrons. The van der Waals surface area contributed by atoms with Gasteiger partial charge in [-0.15, -0.1) is 0 Å². The van der Waals surface area contributed by atoms with Crippen LogP contribution in [0.2, 0.25) is 0 Å². The first kappa shape index (κ1) is 23.4. The zero-order chi connectivity index (χ0) is 19.1. The Kier molecular flexibility index (Phi) is 12.7. The van der Waals surface area contributed by atoms with E-state index in [4.69, 9.17) is 14.9 Å². The predicted octanol–water partition coefficient (Wildman–Crippen LogP) is 3.13. The third-order valence-electron chi connectivity index (χ3n) is 4.04. The molecule has 0 aliphatic rings. The van der Waals surface area contributed by atoms with E-state index < -0.39 is 36.4 Å². The van der Waals surface area contributed by atoms with Crippen LogP contribution < -0.4 is 0 Å². The molecule has 0 aromatic rings. The van der Waals surface area contributed by atoms with Crippen LogP contribution in [0.25, 0.3) is 0 Å². The van der Waals surface area contributed by atoms with Crippen molar-refractivity contribution in [3.8, 4) is 0 Å². The second-order valence-electron chi connectivity index (χ2n) is 6.49. The lowest BCUT2D eigenvalue weighted by Crippen LogP contribution is -2.43. The average molecular weight is 360 g/mol. The first-order valence-electron chi connectivity index (χ1n) is 9.15. The molecule has 0 aromatic carbocycles. The van der Waals surface area contributed by atoms with Gasteiger partial charge in [-0.3, -0.25) is 9.59 Å². The zero-order valence-electron chi connectivity index (χ0n) is 15.2. The number of unbranched alkanes of at least 4 members (excludes halogenated alkanes) is 9. The maximum absolute atomic E-state index is 11.6. The van der Waals surface area contributed by atoms with E-state index in [1.165, 1.54) is 38.5 Å². The van der Waals surface area contributed by atoms with Crippen LogP contribution in [0.1, 0.15) is 84.0 Å². The van der Waals surface area contributed by atoms with E-state index in [0.717, 1.165) is 19.3 Å². The number of carboxylic acids is 2. The Morgan fingerprint density at radius 3 is 1.72 bits per heavy atom. The molecule has 0 fully saturated rings. The van der Waals surface area contributed by atoms with Crippen LogP contribution in [0.5, 0.6) is 0 Å². The number of ether oxygens (including phenoxy) is 1. The second-order valence-corrected chi connectivity index (χ2v) is 6.49. The van der Waals surface area contributed by atoms with Gasteiger partial charge in [0.2, 0.25) is 0 Å². The van der Waals surface area contributed by atoms with E-state index in [9.17, 15) is 19.5 Å². The SMILES string of the molecule is CCCCCCCCCCCCOC(=O)C[C@](O)(CC(=O)O)C(=O)O. The Balaban J connectivity index is 3.72. The summed E-state index contributed by atoms with van der Waals surface area (Å²) in [6, 6.07) is 0. The monoisotopic (exact) mass is 360 g/mol. The number of hydrogen-bond donors (Lipinski definition) is 3. The molecule has 0 rings (SSSR count). The molecule has 3 N–H and O–H groups in total. The van der Waals surface area contributed by atoms with Crippen LogP contribution in [0.4, 0.5) is 0 Å². The molecule has 0 heterocycles. The number of rotatable bonds is 16. The van der Waals surface area contributed by atoms with E-state index in [1.807, 2.05) is 0 Å². The highest BCUT2D eigenvalue weighted by Gasteiger charge is 2.41. The summed E-state index contributed by atoms with van der Waals surface area (Å²) >= 11 is 0. The van der Waals surface area contributed by atoms with E-state index in [2.05, 4.69) is 6.92 Å². The quantitative estimate of drug-likeness (QED) is 0.285. The van der Waals surface area contributed by atoms with Gasteiger partial charge in [-0.1, -0.05) is 64.7 Å². The molecule has 0 spiro atoms.